The standard InChI is InChI=1S/C17H23FN2O4/c1-10(2)14(16(22)20(4)9-11(3)17(23)24)19-15(21)12-7-5-6-8-13(12)18/h5-8,10-11,14H,9H2,1-4H3,(H,19,21)(H,23,24). The van der Waals surface area contributed by atoms with E-state index in [0.717, 1.165) is 0 Å². The number of carbonyl (C=O) groups excluding carboxylic acids is 2. The Kier molecular flexibility index (Phi) is 6.88. The molecule has 7 heteroatoms. The molecule has 2 amide bonds. The third-order valence-electron chi connectivity index (χ3n) is 3.68. The second kappa shape index (κ2) is 8.42. The summed E-state index contributed by atoms with van der Waals surface area (Å²) in [4.78, 5) is 36.9. The fourth-order valence-corrected chi connectivity index (χ4v) is 2.19. The van der Waals surface area contributed by atoms with Crippen molar-refractivity contribution in [1.29, 1.82) is 0 Å². The summed E-state index contributed by atoms with van der Waals surface area (Å²) in [6.07, 6.45) is 0. The third-order valence-corrected chi connectivity index (χ3v) is 3.68. The Bertz CT molecular complexity index is 618. The smallest absolute Gasteiger partial charge is 0.308 e. The number of rotatable bonds is 7. The lowest BCUT2D eigenvalue weighted by molar-refractivity contribution is -0.143. The molecule has 2 N–H and O–H groups in total. The maximum atomic E-state index is 13.7. The number of amides is 2. The van der Waals surface area contributed by atoms with Gasteiger partial charge in [-0.25, -0.2) is 4.39 Å². The zero-order valence-electron chi connectivity index (χ0n) is 14.2. The molecule has 0 heterocycles. The van der Waals surface area contributed by atoms with Gasteiger partial charge in [-0.3, -0.25) is 14.4 Å². The van der Waals surface area contributed by atoms with Crippen molar-refractivity contribution < 1.29 is 23.9 Å². The summed E-state index contributed by atoms with van der Waals surface area (Å²) in [6, 6.07) is 4.64. The molecule has 132 valence electrons. The zero-order valence-corrected chi connectivity index (χ0v) is 14.2. The van der Waals surface area contributed by atoms with E-state index in [-0.39, 0.29) is 18.0 Å². The predicted molar refractivity (Wildman–Crippen MR) is 86.9 cm³/mol. The number of hydrogen-bond donors (Lipinski definition) is 2. The number of carboxylic acid groups (broad SMARTS) is 1. The van der Waals surface area contributed by atoms with Crippen LogP contribution in [0.15, 0.2) is 24.3 Å². The number of hydrogen-bond acceptors (Lipinski definition) is 3. The minimum absolute atomic E-state index is 0.0208. The van der Waals surface area contributed by atoms with Gasteiger partial charge < -0.3 is 15.3 Å². The number of aliphatic carboxylic acids is 1. The van der Waals surface area contributed by atoms with Gasteiger partial charge in [0.25, 0.3) is 5.91 Å². The summed E-state index contributed by atoms with van der Waals surface area (Å²) in [5.74, 6) is -3.74. The molecular weight excluding hydrogens is 315 g/mol. The Hall–Kier alpha value is -2.44. The van der Waals surface area contributed by atoms with Crippen LogP contribution in [0.1, 0.15) is 31.1 Å². The molecule has 2 atom stereocenters. The van der Waals surface area contributed by atoms with Crippen LogP contribution in [0.25, 0.3) is 0 Å². The number of nitrogens with zero attached hydrogens (tertiary/aromatic N) is 1. The van der Waals surface area contributed by atoms with Crippen LogP contribution in [-0.2, 0) is 9.59 Å². The van der Waals surface area contributed by atoms with Crippen molar-refractivity contribution in [3.05, 3.63) is 35.6 Å². The van der Waals surface area contributed by atoms with Crippen molar-refractivity contribution >= 4 is 17.8 Å². The van der Waals surface area contributed by atoms with Gasteiger partial charge in [0, 0.05) is 13.6 Å². The SMILES string of the molecule is CC(CN(C)C(=O)C(NC(=O)c1ccccc1F)C(C)C)C(=O)O. The number of likely N-dealkylation sites (N-methyl/N-ethyl adjacent to an activating group) is 1. The van der Waals surface area contributed by atoms with Crippen LogP contribution in [0, 0.1) is 17.7 Å². The van der Waals surface area contributed by atoms with Gasteiger partial charge >= 0.3 is 5.97 Å². The lowest BCUT2D eigenvalue weighted by Gasteiger charge is -2.28. The van der Waals surface area contributed by atoms with E-state index < -0.39 is 35.6 Å². The summed E-state index contributed by atoms with van der Waals surface area (Å²) >= 11 is 0. The molecule has 0 spiro atoms. The largest absolute Gasteiger partial charge is 0.481 e. The van der Waals surface area contributed by atoms with Gasteiger partial charge in [-0.05, 0) is 18.1 Å². The lowest BCUT2D eigenvalue weighted by Crippen LogP contribution is -2.51. The van der Waals surface area contributed by atoms with Crippen molar-refractivity contribution in [3.8, 4) is 0 Å². The first-order valence-corrected chi connectivity index (χ1v) is 7.68. The normalized spacial score (nSPS) is 13.2. The van der Waals surface area contributed by atoms with Crippen molar-refractivity contribution in [2.75, 3.05) is 13.6 Å². The number of carbonyl (C=O) groups is 3. The van der Waals surface area contributed by atoms with Crippen LogP contribution in [0.2, 0.25) is 0 Å². The highest BCUT2D eigenvalue weighted by molar-refractivity contribution is 5.97. The highest BCUT2D eigenvalue weighted by atomic mass is 19.1. The number of benzene rings is 1. The summed E-state index contributed by atoms with van der Waals surface area (Å²) in [7, 11) is 1.48. The van der Waals surface area contributed by atoms with Crippen LogP contribution in [0.4, 0.5) is 4.39 Å². The molecule has 0 saturated heterocycles. The minimum Gasteiger partial charge on any atom is -0.481 e. The van der Waals surface area contributed by atoms with Gasteiger partial charge in [-0.1, -0.05) is 32.9 Å². The Morgan fingerprint density at radius 1 is 1.21 bits per heavy atom. The van der Waals surface area contributed by atoms with Crippen LogP contribution in [-0.4, -0.2) is 47.4 Å². The van der Waals surface area contributed by atoms with E-state index in [1.807, 2.05) is 0 Å². The second-order valence-corrected chi connectivity index (χ2v) is 6.13. The Labute approximate surface area is 140 Å². The molecule has 0 aliphatic heterocycles. The van der Waals surface area contributed by atoms with Gasteiger partial charge in [0.15, 0.2) is 0 Å². The molecule has 0 aromatic heterocycles. The number of halogens is 1. The van der Waals surface area contributed by atoms with Gasteiger partial charge in [-0.2, -0.15) is 0 Å². The Balaban J connectivity index is 2.87. The minimum atomic E-state index is -1.01. The number of carboxylic acids is 1. The molecule has 1 aromatic rings. The maximum Gasteiger partial charge on any atom is 0.308 e. The van der Waals surface area contributed by atoms with E-state index >= 15 is 0 Å². The summed E-state index contributed by atoms with van der Waals surface area (Å²) in [6.45, 7) is 5.01. The summed E-state index contributed by atoms with van der Waals surface area (Å²) in [5.41, 5.74) is -0.141. The fraction of sp³-hybridized carbons (Fsp3) is 0.471. The third kappa shape index (κ3) is 5.04. The average molecular weight is 338 g/mol. The first-order chi connectivity index (χ1) is 11.1. The molecule has 0 bridgehead atoms. The van der Waals surface area contributed by atoms with E-state index in [0.29, 0.717) is 0 Å². The van der Waals surface area contributed by atoms with Crippen LogP contribution >= 0.6 is 0 Å². The second-order valence-electron chi connectivity index (χ2n) is 6.13. The van der Waals surface area contributed by atoms with E-state index in [9.17, 15) is 18.8 Å². The molecule has 1 aromatic carbocycles. The van der Waals surface area contributed by atoms with E-state index in [1.54, 1.807) is 13.8 Å². The van der Waals surface area contributed by atoms with E-state index in [4.69, 9.17) is 5.11 Å². The van der Waals surface area contributed by atoms with Crippen molar-refractivity contribution in [1.82, 2.24) is 10.2 Å². The van der Waals surface area contributed by atoms with Crippen LogP contribution < -0.4 is 5.32 Å². The number of nitrogens with one attached hydrogen (secondary N) is 1. The van der Waals surface area contributed by atoms with Gasteiger partial charge in [0.05, 0.1) is 11.5 Å². The highest BCUT2D eigenvalue weighted by Crippen LogP contribution is 2.11. The average Bonchev–Trinajstić information content (AvgIpc) is 2.51. The van der Waals surface area contributed by atoms with E-state index in [2.05, 4.69) is 5.32 Å². The molecule has 24 heavy (non-hydrogen) atoms. The first-order valence-electron chi connectivity index (χ1n) is 7.68. The predicted octanol–water partition coefficient (Wildman–Crippen LogP) is 1.76. The monoisotopic (exact) mass is 338 g/mol. The van der Waals surface area contributed by atoms with Crippen molar-refractivity contribution in [3.63, 3.8) is 0 Å². The Morgan fingerprint density at radius 2 is 1.79 bits per heavy atom. The molecule has 6 nitrogen and oxygen atoms in total. The van der Waals surface area contributed by atoms with Crippen LogP contribution in [0.3, 0.4) is 0 Å². The summed E-state index contributed by atoms with van der Waals surface area (Å²) in [5, 5.41) is 11.5. The molecule has 0 saturated carbocycles. The van der Waals surface area contributed by atoms with Gasteiger partial charge in [0.2, 0.25) is 5.91 Å². The molecular formula is C17H23FN2O4. The lowest BCUT2D eigenvalue weighted by atomic mass is 10.0. The molecule has 0 aliphatic carbocycles. The molecule has 0 radical (unpaired) electrons. The Morgan fingerprint density at radius 3 is 2.29 bits per heavy atom. The van der Waals surface area contributed by atoms with Gasteiger partial charge in [0.1, 0.15) is 11.9 Å². The summed E-state index contributed by atoms with van der Waals surface area (Å²) < 4.78 is 13.7. The molecule has 2 unspecified atom stereocenters. The van der Waals surface area contributed by atoms with Gasteiger partial charge in [-0.15, -0.1) is 0 Å². The van der Waals surface area contributed by atoms with E-state index in [1.165, 1.54) is 43.1 Å². The van der Waals surface area contributed by atoms with Crippen LogP contribution in [0.5, 0.6) is 0 Å². The van der Waals surface area contributed by atoms with Crippen molar-refractivity contribution in [2.45, 2.75) is 26.8 Å². The maximum absolute atomic E-state index is 13.7. The topological polar surface area (TPSA) is 86.7 Å². The first kappa shape index (κ1) is 19.6. The molecule has 0 fully saturated rings. The molecule has 1 rings (SSSR count). The fourth-order valence-electron chi connectivity index (χ4n) is 2.19. The van der Waals surface area contributed by atoms with Crippen molar-refractivity contribution in [2.24, 2.45) is 11.8 Å². The zero-order chi connectivity index (χ0) is 18.4. The highest BCUT2D eigenvalue weighted by Gasteiger charge is 2.29. The quantitative estimate of drug-likeness (QED) is 0.793. The molecule has 0 aliphatic rings.